The first kappa shape index (κ1) is 23.5. The Kier molecular flexibility index (Phi) is 7.81. The van der Waals surface area contributed by atoms with Crippen molar-refractivity contribution in [3.05, 3.63) is 71.3 Å². The Morgan fingerprint density at radius 2 is 1.42 bits per heavy atom. The van der Waals surface area contributed by atoms with E-state index in [1.165, 1.54) is 44.3 Å². The van der Waals surface area contributed by atoms with Crippen molar-refractivity contribution in [2.45, 2.75) is 64.0 Å². The van der Waals surface area contributed by atoms with E-state index in [9.17, 15) is 9.59 Å². The van der Waals surface area contributed by atoms with Gasteiger partial charge in [-0.25, -0.2) is 0 Å². The highest BCUT2D eigenvalue weighted by atomic mass is 16.2. The van der Waals surface area contributed by atoms with Gasteiger partial charge in [-0.15, -0.1) is 0 Å². The van der Waals surface area contributed by atoms with E-state index < -0.39 is 5.41 Å². The summed E-state index contributed by atoms with van der Waals surface area (Å²) in [5, 5.41) is 3.21. The Hall–Kier alpha value is -2.66. The molecule has 1 N–H and O–H groups in total. The van der Waals surface area contributed by atoms with Crippen LogP contribution in [0.4, 0.5) is 0 Å². The van der Waals surface area contributed by atoms with E-state index >= 15 is 0 Å². The van der Waals surface area contributed by atoms with Crippen LogP contribution in [-0.2, 0) is 28.1 Å². The molecule has 4 rings (SSSR count). The average Bonchev–Trinajstić information content (AvgIpc) is 3.12. The first-order chi connectivity index (χ1) is 16.1. The van der Waals surface area contributed by atoms with Gasteiger partial charge in [0.25, 0.3) is 0 Å². The van der Waals surface area contributed by atoms with Gasteiger partial charge in [0.2, 0.25) is 11.8 Å². The van der Waals surface area contributed by atoms with Crippen LogP contribution in [0.3, 0.4) is 0 Å². The van der Waals surface area contributed by atoms with Crippen LogP contribution in [0.15, 0.2) is 54.6 Å². The summed E-state index contributed by atoms with van der Waals surface area (Å²) in [6, 6.07) is 18.7. The largest absolute Gasteiger partial charge is 0.351 e. The molecule has 0 radical (unpaired) electrons. The summed E-state index contributed by atoms with van der Waals surface area (Å²) >= 11 is 0. The highest BCUT2D eigenvalue weighted by Gasteiger charge is 2.43. The fraction of sp³-hybridized carbons (Fsp3) is 0.500. The molecule has 2 heterocycles. The summed E-state index contributed by atoms with van der Waals surface area (Å²) in [6.07, 6.45) is 6.61. The van der Waals surface area contributed by atoms with Crippen molar-refractivity contribution in [1.82, 2.24) is 15.1 Å². The Morgan fingerprint density at radius 3 is 2.03 bits per heavy atom. The second kappa shape index (κ2) is 11.0. The molecule has 33 heavy (non-hydrogen) atoms. The summed E-state index contributed by atoms with van der Waals surface area (Å²) in [6.45, 7) is 6.75. The molecule has 2 fully saturated rings. The Balaban J connectivity index is 1.39. The lowest BCUT2D eigenvalue weighted by molar-refractivity contribution is -0.135. The summed E-state index contributed by atoms with van der Waals surface area (Å²) < 4.78 is 0. The maximum Gasteiger partial charge on any atom is 0.231 e. The van der Waals surface area contributed by atoms with Crippen LogP contribution in [0, 0.1) is 0 Å². The molecule has 2 aromatic rings. The van der Waals surface area contributed by atoms with Crippen LogP contribution < -0.4 is 5.32 Å². The van der Waals surface area contributed by atoms with E-state index in [-0.39, 0.29) is 11.8 Å². The molecule has 0 aromatic heterocycles. The highest BCUT2D eigenvalue weighted by Crippen LogP contribution is 2.36. The maximum absolute atomic E-state index is 13.5. The van der Waals surface area contributed by atoms with Crippen LogP contribution in [0.5, 0.6) is 0 Å². The predicted octanol–water partition coefficient (Wildman–Crippen LogP) is 4.26. The molecule has 5 nitrogen and oxygen atoms in total. The van der Waals surface area contributed by atoms with Crippen molar-refractivity contribution in [3.8, 4) is 0 Å². The second-order valence-electron chi connectivity index (χ2n) is 9.64. The summed E-state index contributed by atoms with van der Waals surface area (Å²) in [7, 11) is 0. The number of benzene rings is 2. The lowest BCUT2D eigenvalue weighted by Gasteiger charge is -2.40. The molecule has 0 bridgehead atoms. The van der Waals surface area contributed by atoms with Crippen LogP contribution in [0.1, 0.15) is 62.1 Å². The minimum absolute atomic E-state index is 0.0607. The molecule has 2 aromatic carbocycles. The van der Waals surface area contributed by atoms with Crippen LogP contribution in [-0.4, -0.2) is 47.8 Å². The molecule has 0 spiro atoms. The molecular formula is C28H37N3O2. The van der Waals surface area contributed by atoms with Gasteiger partial charge in [0.1, 0.15) is 0 Å². The topological polar surface area (TPSA) is 52.7 Å². The highest BCUT2D eigenvalue weighted by molar-refractivity contribution is 5.88. The number of rotatable bonds is 6. The summed E-state index contributed by atoms with van der Waals surface area (Å²) in [5.41, 5.74) is 2.91. The third-order valence-electron chi connectivity index (χ3n) is 7.40. The minimum Gasteiger partial charge on any atom is -0.351 e. The first-order valence-electron chi connectivity index (χ1n) is 12.5. The zero-order valence-electron chi connectivity index (χ0n) is 19.9. The number of piperidine rings is 1. The van der Waals surface area contributed by atoms with Gasteiger partial charge in [0.05, 0.1) is 5.41 Å². The summed E-state index contributed by atoms with van der Waals surface area (Å²) in [5.74, 6) is 0.142. The van der Waals surface area contributed by atoms with Crippen LogP contribution >= 0.6 is 0 Å². The standard InChI is InChI=1S/C28H37N3O2/c1-23(32)31-19-15-28(16-20-31,26-9-5-4-6-10-26)27(33)29-21-24-11-13-25(14-12-24)22-30-17-7-2-3-8-18-30/h4-6,9-14H,2-3,7-8,15-22H2,1H3,(H,29,33). The SMILES string of the molecule is CC(=O)N1CCC(C(=O)NCc2ccc(CN3CCCCCC3)cc2)(c2ccccc2)CC1. The lowest BCUT2D eigenvalue weighted by atomic mass is 9.72. The fourth-order valence-electron chi connectivity index (χ4n) is 5.27. The number of nitrogens with one attached hydrogen (secondary N) is 1. The van der Waals surface area contributed by atoms with Gasteiger partial charge in [-0.05, 0) is 55.5 Å². The lowest BCUT2D eigenvalue weighted by Crippen LogP contribution is -2.52. The molecule has 2 aliphatic heterocycles. The molecule has 176 valence electrons. The third kappa shape index (κ3) is 5.83. The van der Waals surface area contributed by atoms with Crippen LogP contribution in [0.25, 0.3) is 0 Å². The van der Waals surface area contributed by atoms with Crippen molar-refractivity contribution in [3.63, 3.8) is 0 Å². The fourth-order valence-corrected chi connectivity index (χ4v) is 5.27. The van der Waals surface area contributed by atoms with Gasteiger partial charge in [-0.3, -0.25) is 14.5 Å². The molecule has 0 unspecified atom stereocenters. The molecule has 2 aliphatic rings. The minimum atomic E-state index is -0.583. The Labute approximate surface area is 198 Å². The van der Waals surface area contributed by atoms with Gasteiger partial charge in [0.15, 0.2) is 0 Å². The second-order valence-corrected chi connectivity index (χ2v) is 9.64. The molecule has 0 saturated carbocycles. The molecular weight excluding hydrogens is 410 g/mol. The van der Waals surface area contributed by atoms with Crippen molar-refractivity contribution in [2.75, 3.05) is 26.2 Å². The van der Waals surface area contributed by atoms with Gasteiger partial charge >= 0.3 is 0 Å². The van der Waals surface area contributed by atoms with E-state index in [4.69, 9.17) is 0 Å². The normalized spacial score (nSPS) is 19.0. The number of carbonyl (C=O) groups excluding carboxylic acids is 2. The third-order valence-corrected chi connectivity index (χ3v) is 7.40. The van der Waals surface area contributed by atoms with Crippen molar-refractivity contribution in [2.24, 2.45) is 0 Å². The molecule has 2 saturated heterocycles. The summed E-state index contributed by atoms with van der Waals surface area (Å²) in [4.78, 5) is 29.7. The number of likely N-dealkylation sites (tertiary alicyclic amines) is 2. The monoisotopic (exact) mass is 447 g/mol. The van der Waals surface area contributed by atoms with Crippen molar-refractivity contribution >= 4 is 11.8 Å². The van der Waals surface area contributed by atoms with E-state index in [1.54, 1.807) is 6.92 Å². The van der Waals surface area contributed by atoms with Gasteiger partial charge in [0, 0.05) is 33.1 Å². The zero-order valence-corrected chi connectivity index (χ0v) is 19.9. The van der Waals surface area contributed by atoms with Crippen molar-refractivity contribution < 1.29 is 9.59 Å². The van der Waals surface area contributed by atoms with Gasteiger partial charge in [-0.1, -0.05) is 67.4 Å². The first-order valence-corrected chi connectivity index (χ1v) is 12.5. The zero-order chi connectivity index (χ0) is 23.1. The smallest absolute Gasteiger partial charge is 0.231 e. The molecule has 0 atom stereocenters. The molecule has 2 amide bonds. The Morgan fingerprint density at radius 1 is 0.818 bits per heavy atom. The quantitative estimate of drug-likeness (QED) is 0.720. The predicted molar refractivity (Wildman–Crippen MR) is 132 cm³/mol. The van der Waals surface area contributed by atoms with E-state index in [0.717, 1.165) is 17.7 Å². The number of amides is 2. The number of nitrogens with zero attached hydrogens (tertiary/aromatic N) is 2. The number of hydrogen-bond acceptors (Lipinski definition) is 3. The van der Waals surface area contributed by atoms with Crippen LogP contribution in [0.2, 0.25) is 0 Å². The van der Waals surface area contributed by atoms with E-state index in [0.29, 0.717) is 32.5 Å². The van der Waals surface area contributed by atoms with Gasteiger partial charge in [-0.2, -0.15) is 0 Å². The molecule has 0 aliphatic carbocycles. The number of hydrogen-bond donors (Lipinski definition) is 1. The Bertz CT molecular complexity index is 910. The maximum atomic E-state index is 13.5. The van der Waals surface area contributed by atoms with Crippen molar-refractivity contribution in [1.29, 1.82) is 0 Å². The molecule has 5 heteroatoms. The average molecular weight is 448 g/mol. The van der Waals surface area contributed by atoms with E-state index in [2.05, 4.69) is 34.5 Å². The van der Waals surface area contributed by atoms with Gasteiger partial charge < -0.3 is 10.2 Å². The number of carbonyl (C=O) groups is 2. The van der Waals surface area contributed by atoms with E-state index in [1.807, 2.05) is 35.2 Å².